The molecule has 7 nitrogen and oxygen atoms in total. The molecule has 9 heteroatoms. The van der Waals surface area contributed by atoms with Gasteiger partial charge >= 0.3 is 6.09 Å². The maximum atomic E-state index is 13.8. The molecule has 2 aromatic carbocycles. The first-order valence-corrected chi connectivity index (χ1v) is 13.6. The Bertz CT molecular complexity index is 1140. The van der Waals surface area contributed by atoms with E-state index in [2.05, 4.69) is 16.7 Å². The molecule has 198 valence electrons. The second-order valence-electron chi connectivity index (χ2n) is 9.55. The van der Waals surface area contributed by atoms with E-state index in [0.29, 0.717) is 28.4 Å². The highest BCUT2D eigenvalue weighted by Crippen LogP contribution is 2.29. The highest BCUT2D eigenvalue weighted by molar-refractivity contribution is 7.98. The molecule has 0 bridgehead atoms. The number of ether oxygens (including phenoxy) is 1. The first kappa shape index (κ1) is 30.1. The number of terminal acetylenes is 1. The Kier molecular flexibility index (Phi) is 10.9. The van der Waals surface area contributed by atoms with Gasteiger partial charge in [0.2, 0.25) is 0 Å². The van der Waals surface area contributed by atoms with Crippen LogP contribution in [0.2, 0.25) is 5.02 Å². The molecule has 0 aliphatic heterocycles. The molecule has 37 heavy (non-hydrogen) atoms. The van der Waals surface area contributed by atoms with Crippen LogP contribution in [-0.2, 0) is 14.3 Å². The van der Waals surface area contributed by atoms with Crippen molar-refractivity contribution >= 4 is 47.0 Å². The number of para-hydroxylation sites is 1. The van der Waals surface area contributed by atoms with Gasteiger partial charge in [-0.1, -0.05) is 60.0 Å². The average molecular weight is 544 g/mol. The van der Waals surface area contributed by atoms with E-state index in [0.717, 1.165) is 16.0 Å². The highest BCUT2D eigenvalue weighted by Gasteiger charge is 2.36. The van der Waals surface area contributed by atoms with Gasteiger partial charge in [0.1, 0.15) is 17.7 Å². The van der Waals surface area contributed by atoms with Crippen molar-refractivity contribution in [1.29, 1.82) is 0 Å². The lowest BCUT2D eigenvalue weighted by molar-refractivity contribution is -0.136. The summed E-state index contributed by atoms with van der Waals surface area (Å²) in [5.74, 6) is -0.559. The van der Waals surface area contributed by atoms with Gasteiger partial charge < -0.3 is 15.4 Å². The number of carbonyl (C=O) groups excluding carboxylic acids is 3. The van der Waals surface area contributed by atoms with Crippen LogP contribution in [0.25, 0.3) is 0 Å². The Labute approximate surface area is 228 Å². The Balaban J connectivity index is 2.47. The van der Waals surface area contributed by atoms with Gasteiger partial charge in [0.05, 0.1) is 10.7 Å². The molecule has 0 radical (unpaired) electrons. The molecule has 0 aromatic heterocycles. The van der Waals surface area contributed by atoms with E-state index in [4.69, 9.17) is 22.8 Å². The summed E-state index contributed by atoms with van der Waals surface area (Å²) in [5.41, 5.74) is 1.93. The van der Waals surface area contributed by atoms with E-state index < -0.39 is 35.6 Å². The number of rotatable bonds is 9. The van der Waals surface area contributed by atoms with Gasteiger partial charge in [-0.2, -0.15) is 11.8 Å². The molecule has 0 spiro atoms. The fraction of sp³-hybridized carbons (Fsp3) is 0.393. The first-order valence-electron chi connectivity index (χ1n) is 11.8. The van der Waals surface area contributed by atoms with Crippen LogP contribution in [0.15, 0.2) is 42.5 Å². The number of benzene rings is 2. The molecule has 2 N–H and O–H groups in total. The summed E-state index contributed by atoms with van der Waals surface area (Å²) in [6, 6.07) is 12.6. The van der Waals surface area contributed by atoms with Crippen molar-refractivity contribution in [2.24, 2.45) is 0 Å². The molecule has 2 aromatic rings. The molecule has 0 aliphatic carbocycles. The topological polar surface area (TPSA) is 87.7 Å². The lowest BCUT2D eigenvalue weighted by Crippen LogP contribution is -2.51. The van der Waals surface area contributed by atoms with Crippen LogP contribution in [0.1, 0.15) is 49.9 Å². The second kappa shape index (κ2) is 13.4. The standard InChI is InChI=1S/C28H34ClN3O4S/c1-8-32(26(34)22(16-17-37-7)30-27(35)36-28(4,5)6)24(20-14-12-18(2)13-15-20)25(33)31-23-19(3)10-9-11-21(23)29/h1,9-15,22,24H,16-17H2,2-7H3,(H,30,35)(H,31,33). The molecule has 2 atom stereocenters. The number of halogens is 1. The molecule has 3 amide bonds. The zero-order valence-corrected chi connectivity index (χ0v) is 23.6. The minimum absolute atomic E-state index is 0.295. The lowest BCUT2D eigenvalue weighted by Gasteiger charge is -2.30. The summed E-state index contributed by atoms with van der Waals surface area (Å²) in [6.07, 6.45) is 7.27. The van der Waals surface area contributed by atoms with Gasteiger partial charge in [-0.3, -0.25) is 14.5 Å². The minimum Gasteiger partial charge on any atom is -0.444 e. The molecule has 0 aliphatic rings. The van der Waals surface area contributed by atoms with Gasteiger partial charge in [0.25, 0.3) is 11.8 Å². The van der Waals surface area contributed by atoms with Crippen LogP contribution in [0.3, 0.4) is 0 Å². The van der Waals surface area contributed by atoms with Gasteiger partial charge in [-0.25, -0.2) is 4.79 Å². The van der Waals surface area contributed by atoms with Crippen LogP contribution in [-0.4, -0.2) is 46.5 Å². The predicted molar refractivity (Wildman–Crippen MR) is 151 cm³/mol. The summed E-state index contributed by atoms with van der Waals surface area (Å²) in [6.45, 7) is 8.92. The average Bonchev–Trinajstić information content (AvgIpc) is 2.81. The van der Waals surface area contributed by atoms with E-state index in [1.54, 1.807) is 45.0 Å². The number of hydrogen-bond acceptors (Lipinski definition) is 5. The van der Waals surface area contributed by atoms with Crippen LogP contribution in [0.5, 0.6) is 0 Å². The minimum atomic E-state index is -1.18. The number of anilines is 1. The van der Waals surface area contributed by atoms with E-state index in [-0.39, 0.29) is 0 Å². The Hall–Kier alpha value is -3.15. The van der Waals surface area contributed by atoms with Gasteiger partial charge in [-0.05, 0) is 70.2 Å². The lowest BCUT2D eigenvalue weighted by atomic mass is 10.0. The van der Waals surface area contributed by atoms with Crippen LogP contribution in [0.4, 0.5) is 10.5 Å². The number of amides is 3. The largest absolute Gasteiger partial charge is 0.444 e. The Morgan fingerprint density at radius 1 is 1.14 bits per heavy atom. The molecular weight excluding hydrogens is 510 g/mol. The van der Waals surface area contributed by atoms with Crippen molar-refractivity contribution in [3.63, 3.8) is 0 Å². The maximum absolute atomic E-state index is 13.8. The summed E-state index contributed by atoms with van der Waals surface area (Å²) < 4.78 is 5.35. The maximum Gasteiger partial charge on any atom is 0.408 e. The number of nitrogens with zero attached hydrogens (tertiary/aromatic N) is 1. The molecule has 0 heterocycles. The Morgan fingerprint density at radius 3 is 2.32 bits per heavy atom. The number of thioether (sulfide) groups is 1. The summed E-state index contributed by atoms with van der Waals surface area (Å²) in [7, 11) is 0. The van der Waals surface area contributed by atoms with Crippen LogP contribution < -0.4 is 10.6 Å². The van der Waals surface area contributed by atoms with E-state index >= 15 is 0 Å². The molecule has 0 saturated heterocycles. The monoisotopic (exact) mass is 543 g/mol. The normalized spacial score (nSPS) is 12.6. The zero-order valence-electron chi connectivity index (χ0n) is 22.1. The van der Waals surface area contributed by atoms with Crippen LogP contribution in [0, 0.1) is 26.3 Å². The summed E-state index contributed by atoms with van der Waals surface area (Å²) >= 11 is 7.86. The van der Waals surface area contributed by atoms with Gasteiger partial charge in [0, 0.05) is 6.04 Å². The van der Waals surface area contributed by atoms with E-state index in [1.807, 2.05) is 38.3 Å². The third-order valence-corrected chi connectivity index (χ3v) is 6.30. The predicted octanol–water partition coefficient (Wildman–Crippen LogP) is 5.70. The third kappa shape index (κ3) is 8.73. The van der Waals surface area contributed by atoms with Crippen molar-refractivity contribution in [3.8, 4) is 12.5 Å². The number of aryl methyl sites for hydroxylation is 2. The fourth-order valence-electron chi connectivity index (χ4n) is 3.52. The van der Waals surface area contributed by atoms with Gasteiger partial charge in [-0.15, -0.1) is 0 Å². The van der Waals surface area contributed by atoms with Crippen molar-refractivity contribution in [1.82, 2.24) is 10.2 Å². The number of alkyl carbamates (subject to hydrolysis) is 1. The molecular formula is C28H34ClN3O4S. The third-order valence-electron chi connectivity index (χ3n) is 5.35. The fourth-order valence-corrected chi connectivity index (χ4v) is 4.26. The first-order chi connectivity index (χ1) is 17.4. The Morgan fingerprint density at radius 2 is 1.78 bits per heavy atom. The quantitative estimate of drug-likeness (QED) is 0.313. The molecule has 2 rings (SSSR count). The van der Waals surface area contributed by atoms with Crippen molar-refractivity contribution in [2.75, 3.05) is 17.3 Å². The summed E-state index contributed by atoms with van der Waals surface area (Å²) in [4.78, 5) is 41.0. The van der Waals surface area contributed by atoms with Gasteiger partial charge in [0.15, 0.2) is 0 Å². The van der Waals surface area contributed by atoms with Crippen molar-refractivity contribution in [2.45, 2.75) is 58.7 Å². The van der Waals surface area contributed by atoms with E-state index in [9.17, 15) is 14.4 Å². The second-order valence-corrected chi connectivity index (χ2v) is 10.9. The molecule has 0 fully saturated rings. The highest BCUT2D eigenvalue weighted by atomic mass is 35.5. The molecule has 2 unspecified atom stereocenters. The van der Waals surface area contributed by atoms with Crippen molar-refractivity contribution < 1.29 is 19.1 Å². The zero-order chi connectivity index (χ0) is 27.8. The molecule has 0 saturated carbocycles. The number of hydrogen-bond donors (Lipinski definition) is 2. The van der Waals surface area contributed by atoms with Crippen LogP contribution >= 0.6 is 23.4 Å². The number of carbonyl (C=O) groups is 3. The van der Waals surface area contributed by atoms with E-state index in [1.165, 1.54) is 11.8 Å². The smallest absolute Gasteiger partial charge is 0.408 e. The number of nitrogens with one attached hydrogen (secondary N) is 2. The SMILES string of the molecule is C#CN(C(=O)C(CCSC)NC(=O)OC(C)(C)C)C(C(=O)Nc1c(C)cccc1Cl)c1ccc(C)cc1. The van der Waals surface area contributed by atoms with Crippen molar-refractivity contribution in [3.05, 3.63) is 64.2 Å². The summed E-state index contributed by atoms with van der Waals surface area (Å²) in [5, 5.41) is 5.83.